The second-order valence-electron chi connectivity index (χ2n) is 3.99. The summed E-state index contributed by atoms with van der Waals surface area (Å²) in [6.07, 6.45) is 4.16. The molecule has 0 radical (unpaired) electrons. The zero-order valence-electron chi connectivity index (χ0n) is 10.3. The van der Waals surface area contributed by atoms with Gasteiger partial charge >= 0.3 is 0 Å². The monoisotopic (exact) mass is 260 g/mol. The van der Waals surface area contributed by atoms with Crippen molar-refractivity contribution in [2.24, 2.45) is 0 Å². The fraction of sp³-hybridized carbons (Fsp3) is 0.154. The van der Waals surface area contributed by atoms with Gasteiger partial charge in [0, 0.05) is 35.7 Å². The lowest BCUT2D eigenvalue weighted by molar-refractivity contribution is -0.384. The third kappa shape index (κ3) is 2.79. The first-order chi connectivity index (χ1) is 9.13. The van der Waals surface area contributed by atoms with Crippen LogP contribution in [-0.2, 0) is 6.54 Å². The van der Waals surface area contributed by atoms with E-state index in [4.69, 9.17) is 4.74 Å². The maximum atomic E-state index is 10.8. The van der Waals surface area contributed by atoms with E-state index in [1.54, 1.807) is 29.1 Å². The van der Waals surface area contributed by atoms with Crippen molar-refractivity contribution in [1.82, 2.24) is 4.57 Å². The molecule has 0 spiro atoms. The van der Waals surface area contributed by atoms with Crippen LogP contribution in [0.25, 0.3) is 0 Å². The number of hydrogen-bond acceptors (Lipinski definition) is 4. The summed E-state index contributed by atoms with van der Waals surface area (Å²) in [5.41, 5.74) is 1.26. The predicted molar refractivity (Wildman–Crippen MR) is 68.6 cm³/mol. The zero-order valence-corrected chi connectivity index (χ0v) is 10.3. The van der Waals surface area contributed by atoms with Gasteiger partial charge in [-0.3, -0.25) is 14.9 Å². The molecule has 0 saturated heterocycles. The van der Waals surface area contributed by atoms with Crippen molar-refractivity contribution in [2.75, 3.05) is 7.11 Å². The standard InChI is InChI=1S/C13H12N2O4/c1-19-13-3-2-12(15(17)18)6-11(13)8-14-5-4-10(7-14)9-16/h2-7,9H,8H2,1H3. The number of nitro groups is 1. The SMILES string of the molecule is COc1ccc([N+](=O)[O-])cc1Cn1ccc(C=O)c1. The van der Waals surface area contributed by atoms with Crippen molar-refractivity contribution >= 4 is 12.0 Å². The summed E-state index contributed by atoms with van der Waals surface area (Å²) in [6.45, 7) is 0.401. The van der Waals surface area contributed by atoms with Gasteiger partial charge in [0.2, 0.25) is 0 Å². The fourth-order valence-corrected chi connectivity index (χ4v) is 1.83. The number of aldehydes is 1. The molecule has 0 aliphatic carbocycles. The summed E-state index contributed by atoms with van der Waals surface area (Å²) < 4.78 is 6.95. The number of nitrogens with zero attached hydrogens (tertiary/aromatic N) is 2. The number of methoxy groups -OCH3 is 1. The second kappa shape index (κ2) is 5.34. The molecule has 1 aromatic carbocycles. The van der Waals surface area contributed by atoms with E-state index in [1.807, 2.05) is 0 Å². The van der Waals surface area contributed by atoms with Crippen LogP contribution in [0.2, 0.25) is 0 Å². The van der Waals surface area contributed by atoms with Crippen LogP contribution in [-0.4, -0.2) is 22.9 Å². The van der Waals surface area contributed by atoms with Crippen LogP contribution < -0.4 is 4.74 Å². The van der Waals surface area contributed by atoms with Gasteiger partial charge in [0.1, 0.15) is 5.75 Å². The van der Waals surface area contributed by atoms with Crippen molar-refractivity contribution in [2.45, 2.75) is 6.54 Å². The Labute approximate surface area is 109 Å². The molecule has 2 aromatic rings. The number of benzene rings is 1. The third-order valence-electron chi connectivity index (χ3n) is 2.74. The summed E-state index contributed by atoms with van der Waals surface area (Å²) in [6, 6.07) is 6.11. The molecule has 0 aliphatic rings. The highest BCUT2D eigenvalue weighted by atomic mass is 16.6. The minimum absolute atomic E-state index is 0.0126. The van der Waals surface area contributed by atoms with Gasteiger partial charge in [0.05, 0.1) is 18.6 Å². The molecule has 0 bridgehead atoms. The summed E-state index contributed by atoms with van der Waals surface area (Å²) in [4.78, 5) is 20.9. The Morgan fingerprint density at radius 1 is 1.42 bits per heavy atom. The van der Waals surface area contributed by atoms with E-state index in [1.165, 1.54) is 19.2 Å². The van der Waals surface area contributed by atoms with Crippen LogP contribution in [0.15, 0.2) is 36.7 Å². The molecule has 98 valence electrons. The normalized spacial score (nSPS) is 10.2. The molecule has 0 amide bonds. The lowest BCUT2D eigenvalue weighted by Crippen LogP contribution is -2.01. The summed E-state index contributed by atoms with van der Waals surface area (Å²) in [5, 5.41) is 10.8. The van der Waals surface area contributed by atoms with Crippen molar-refractivity contribution in [1.29, 1.82) is 0 Å². The highest BCUT2D eigenvalue weighted by Gasteiger charge is 2.11. The number of rotatable bonds is 5. The average Bonchev–Trinajstić information content (AvgIpc) is 2.86. The first-order valence-electron chi connectivity index (χ1n) is 5.56. The van der Waals surface area contributed by atoms with Gasteiger partial charge in [-0.15, -0.1) is 0 Å². The van der Waals surface area contributed by atoms with Crippen LogP contribution in [0.5, 0.6) is 5.75 Å². The maximum Gasteiger partial charge on any atom is 0.270 e. The van der Waals surface area contributed by atoms with Gasteiger partial charge in [0.25, 0.3) is 5.69 Å². The lowest BCUT2D eigenvalue weighted by Gasteiger charge is -2.09. The van der Waals surface area contributed by atoms with Gasteiger partial charge < -0.3 is 9.30 Å². The Bertz CT molecular complexity index is 619. The quantitative estimate of drug-likeness (QED) is 0.469. The zero-order chi connectivity index (χ0) is 13.8. The molecule has 0 aliphatic heterocycles. The van der Waals surface area contributed by atoms with Crippen LogP contribution >= 0.6 is 0 Å². The van der Waals surface area contributed by atoms with Gasteiger partial charge in [-0.2, -0.15) is 0 Å². The van der Waals surface area contributed by atoms with Crippen LogP contribution in [0.3, 0.4) is 0 Å². The van der Waals surface area contributed by atoms with Gasteiger partial charge in [0.15, 0.2) is 6.29 Å². The second-order valence-corrected chi connectivity index (χ2v) is 3.99. The van der Waals surface area contributed by atoms with E-state index in [-0.39, 0.29) is 5.69 Å². The van der Waals surface area contributed by atoms with Gasteiger partial charge in [-0.05, 0) is 12.1 Å². The molecule has 6 heteroatoms. The Balaban J connectivity index is 2.33. The lowest BCUT2D eigenvalue weighted by atomic mass is 10.1. The maximum absolute atomic E-state index is 10.8. The van der Waals surface area contributed by atoms with Gasteiger partial charge in [-0.1, -0.05) is 0 Å². The molecule has 1 aromatic heterocycles. The largest absolute Gasteiger partial charge is 0.496 e. The molecule has 0 unspecified atom stereocenters. The van der Waals surface area contributed by atoms with E-state index in [0.717, 1.165) is 6.29 Å². The van der Waals surface area contributed by atoms with Crippen molar-refractivity contribution in [3.05, 3.63) is 57.9 Å². The first kappa shape index (κ1) is 12.8. The number of aromatic nitrogens is 1. The molecule has 2 rings (SSSR count). The summed E-state index contributed by atoms with van der Waals surface area (Å²) in [7, 11) is 1.51. The molecule has 0 fully saturated rings. The molecule has 0 N–H and O–H groups in total. The summed E-state index contributed by atoms with van der Waals surface area (Å²) in [5.74, 6) is 0.576. The highest BCUT2D eigenvalue weighted by molar-refractivity contribution is 5.74. The van der Waals surface area contributed by atoms with E-state index in [9.17, 15) is 14.9 Å². The molecule has 0 saturated carbocycles. The molecule has 19 heavy (non-hydrogen) atoms. The number of ether oxygens (including phenoxy) is 1. The van der Waals surface area contributed by atoms with Crippen molar-refractivity contribution in [3.8, 4) is 5.75 Å². The van der Waals surface area contributed by atoms with E-state index < -0.39 is 4.92 Å². The highest BCUT2D eigenvalue weighted by Crippen LogP contribution is 2.24. The number of carbonyl (C=O) groups excluding carboxylic acids is 1. The Morgan fingerprint density at radius 2 is 2.21 bits per heavy atom. The Kier molecular flexibility index (Phi) is 3.61. The van der Waals surface area contributed by atoms with Crippen molar-refractivity contribution < 1.29 is 14.5 Å². The van der Waals surface area contributed by atoms with E-state index in [2.05, 4.69) is 0 Å². The molecular formula is C13H12N2O4. The Morgan fingerprint density at radius 3 is 2.79 bits per heavy atom. The summed E-state index contributed by atoms with van der Waals surface area (Å²) >= 11 is 0. The third-order valence-corrected chi connectivity index (χ3v) is 2.74. The van der Waals surface area contributed by atoms with Crippen LogP contribution in [0.1, 0.15) is 15.9 Å². The van der Waals surface area contributed by atoms with E-state index in [0.29, 0.717) is 23.4 Å². The minimum atomic E-state index is -0.449. The minimum Gasteiger partial charge on any atom is -0.496 e. The van der Waals surface area contributed by atoms with Gasteiger partial charge in [-0.25, -0.2) is 0 Å². The predicted octanol–water partition coefficient (Wildman–Crippen LogP) is 2.27. The molecular weight excluding hydrogens is 248 g/mol. The van der Waals surface area contributed by atoms with Crippen LogP contribution in [0, 0.1) is 10.1 Å². The number of carbonyl (C=O) groups is 1. The average molecular weight is 260 g/mol. The number of non-ortho nitro benzene ring substituents is 1. The topological polar surface area (TPSA) is 74.4 Å². The smallest absolute Gasteiger partial charge is 0.270 e. The van der Waals surface area contributed by atoms with E-state index >= 15 is 0 Å². The molecule has 0 atom stereocenters. The number of nitro benzene ring substituents is 1. The molecule has 1 heterocycles. The first-order valence-corrected chi connectivity index (χ1v) is 5.56. The van der Waals surface area contributed by atoms with Crippen molar-refractivity contribution in [3.63, 3.8) is 0 Å². The Hall–Kier alpha value is -2.63. The number of hydrogen-bond donors (Lipinski definition) is 0. The molecule has 6 nitrogen and oxygen atoms in total. The van der Waals surface area contributed by atoms with Crippen LogP contribution in [0.4, 0.5) is 5.69 Å². The fourth-order valence-electron chi connectivity index (χ4n) is 1.83.